The first-order valence-corrected chi connectivity index (χ1v) is 17.3. The largest absolute Gasteiger partial charge is 0.480 e. The molecular formula is C29H41ClN4O7Si. The minimum atomic E-state index is -2.22. The Bertz CT molecular complexity index is 1580. The molecule has 0 aliphatic carbocycles. The van der Waals surface area contributed by atoms with Crippen molar-refractivity contribution in [2.24, 2.45) is 7.05 Å². The van der Waals surface area contributed by atoms with Crippen molar-refractivity contribution in [3.63, 3.8) is 0 Å². The van der Waals surface area contributed by atoms with Crippen molar-refractivity contribution < 1.29 is 23.9 Å². The number of nitrogens with zero attached hydrogens (tertiary/aromatic N) is 4. The van der Waals surface area contributed by atoms with Gasteiger partial charge in [0.25, 0.3) is 5.56 Å². The van der Waals surface area contributed by atoms with Gasteiger partial charge in [-0.05, 0) is 55.6 Å². The molecule has 13 heteroatoms. The summed E-state index contributed by atoms with van der Waals surface area (Å²) in [5, 5.41) is 10.9. The van der Waals surface area contributed by atoms with Crippen molar-refractivity contribution in [3.05, 3.63) is 61.5 Å². The molecule has 230 valence electrons. The van der Waals surface area contributed by atoms with Crippen LogP contribution < -0.4 is 11.2 Å². The predicted octanol–water partition coefficient (Wildman–Crippen LogP) is 4.31. The Morgan fingerprint density at radius 3 is 2.21 bits per heavy atom. The number of carboxylic acids is 1. The van der Waals surface area contributed by atoms with Crippen molar-refractivity contribution in [2.45, 2.75) is 84.1 Å². The molecular weight excluding hydrogens is 580 g/mol. The summed E-state index contributed by atoms with van der Waals surface area (Å²) in [6.45, 7) is 14.2. The van der Waals surface area contributed by atoms with Crippen molar-refractivity contribution in [1.29, 1.82) is 0 Å². The van der Waals surface area contributed by atoms with Crippen molar-refractivity contribution in [2.75, 3.05) is 13.2 Å². The third-order valence-corrected chi connectivity index (χ3v) is 13.0. The summed E-state index contributed by atoms with van der Waals surface area (Å²) in [4.78, 5) is 57.9. The molecule has 11 nitrogen and oxygen atoms in total. The van der Waals surface area contributed by atoms with Crippen LogP contribution >= 0.6 is 11.6 Å². The molecule has 1 N–H and O–H groups in total. The summed E-state index contributed by atoms with van der Waals surface area (Å²) in [7, 11) is -0.558. The highest BCUT2D eigenvalue weighted by atomic mass is 35.5. The van der Waals surface area contributed by atoms with Gasteiger partial charge in [0, 0.05) is 31.8 Å². The van der Waals surface area contributed by atoms with Gasteiger partial charge in [0.05, 0.1) is 6.61 Å². The van der Waals surface area contributed by atoms with E-state index in [1.807, 2.05) is 0 Å². The third kappa shape index (κ3) is 6.11. The van der Waals surface area contributed by atoms with Crippen LogP contribution in [0.2, 0.25) is 23.2 Å². The van der Waals surface area contributed by atoms with E-state index in [-0.39, 0.29) is 48.1 Å². The Kier molecular flexibility index (Phi) is 9.95. The monoisotopic (exact) mass is 620 g/mol. The summed E-state index contributed by atoms with van der Waals surface area (Å²) in [6.07, 6.45) is 0.222. The topological polar surface area (TPSA) is 135 Å². The second-order valence-corrected chi connectivity index (χ2v) is 17.1. The zero-order valence-corrected chi connectivity index (χ0v) is 27.4. The van der Waals surface area contributed by atoms with Crippen LogP contribution in [0.3, 0.4) is 0 Å². The molecule has 0 bridgehead atoms. The Morgan fingerprint density at radius 1 is 1.07 bits per heavy atom. The third-order valence-electron chi connectivity index (χ3n) is 8.18. The lowest BCUT2D eigenvalue weighted by Gasteiger charge is -2.36. The first-order valence-electron chi connectivity index (χ1n) is 14.0. The van der Waals surface area contributed by atoms with Gasteiger partial charge >= 0.3 is 17.6 Å². The fraction of sp³-hybridized carbons (Fsp3) is 0.552. The normalized spacial score (nSPS) is 13.7. The molecule has 3 rings (SSSR count). The maximum atomic E-state index is 14.0. The van der Waals surface area contributed by atoms with Gasteiger partial charge in [-0.1, -0.05) is 51.4 Å². The number of imidazole rings is 1. The zero-order chi connectivity index (χ0) is 31.6. The summed E-state index contributed by atoms with van der Waals surface area (Å²) < 4.78 is 15.2. The van der Waals surface area contributed by atoms with Crippen LogP contribution in [0.5, 0.6) is 0 Å². The van der Waals surface area contributed by atoms with Crippen molar-refractivity contribution in [1.82, 2.24) is 18.7 Å². The average molecular weight is 621 g/mol. The number of hydrogen-bond donors (Lipinski definition) is 1. The first kappa shape index (κ1) is 33.3. The van der Waals surface area contributed by atoms with Crippen LogP contribution in [0, 0.1) is 0 Å². The summed E-state index contributed by atoms with van der Waals surface area (Å²) in [6, 6.07) is 6.80. The number of carboxylic acid groups (broad SMARTS) is 1. The number of fused-ring (bicyclic) bond motifs is 1. The standard InChI is InChI=1S/C29H41ClN4O7Si/c1-9-29(25(36)37,26(38)40-10-2)24-31-22-21(34(24)18-19-12-14-20(30)15-13-19)23(35)33(27(39)32(22)6)16-11-17-41-42(7,8)28(3,4)5/h12-15H,9-11,16-18H2,1-8H3,(H,36,37). The van der Waals surface area contributed by atoms with E-state index in [1.54, 1.807) is 31.2 Å². The highest BCUT2D eigenvalue weighted by Crippen LogP contribution is 2.36. The number of carbonyl (C=O) groups is 2. The molecule has 1 atom stereocenters. The minimum absolute atomic E-state index is 0.000631. The molecule has 0 aliphatic rings. The maximum Gasteiger partial charge on any atom is 0.332 e. The van der Waals surface area contributed by atoms with Gasteiger partial charge in [-0.3, -0.25) is 23.5 Å². The van der Waals surface area contributed by atoms with Gasteiger partial charge in [-0.2, -0.15) is 0 Å². The van der Waals surface area contributed by atoms with E-state index >= 15 is 0 Å². The fourth-order valence-electron chi connectivity index (χ4n) is 4.57. The van der Waals surface area contributed by atoms with Gasteiger partial charge in [-0.25, -0.2) is 9.78 Å². The first-order chi connectivity index (χ1) is 19.5. The number of esters is 1. The summed E-state index contributed by atoms with van der Waals surface area (Å²) >= 11 is 6.07. The Balaban J connectivity index is 2.25. The van der Waals surface area contributed by atoms with Crippen LogP contribution in [-0.4, -0.2) is 57.3 Å². The van der Waals surface area contributed by atoms with Gasteiger partial charge in [0.1, 0.15) is 5.82 Å². The molecule has 0 aliphatic heterocycles. The molecule has 1 aromatic carbocycles. The quantitative estimate of drug-likeness (QED) is 0.137. The highest BCUT2D eigenvalue weighted by Gasteiger charge is 2.52. The maximum absolute atomic E-state index is 14.0. The number of hydrogen-bond acceptors (Lipinski definition) is 7. The number of aryl methyl sites for hydroxylation is 1. The molecule has 3 aromatic rings. The molecule has 0 amide bonds. The molecule has 2 aromatic heterocycles. The van der Waals surface area contributed by atoms with E-state index in [2.05, 4.69) is 38.8 Å². The minimum Gasteiger partial charge on any atom is -0.480 e. The number of carbonyl (C=O) groups excluding carboxylic acids is 1. The van der Waals surface area contributed by atoms with Crippen LogP contribution in [0.25, 0.3) is 11.2 Å². The average Bonchev–Trinajstić information content (AvgIpc) is 3.28. The number of aliphatic carboxylic acids is 1. The summed E-state index contributed by atoms with van der Waals surface area (Å²) in [5.74, 6) is -2.66. The molecule has 0 saturated carbocycles. The number of ether oxygens (including phenoxy) is 1. The summed E-state index contributed by atoms with van der Waals surface area (Å²) in [5.41, 5.74) is -2.78. The molecule has 1 unspecified atom stereocenters. The molecule has 0 saturated heterocycles. The van der Waals surface area contributed by atoms with E-state index in [4.69, 9.17) is 20.8 Å². The van der Waals surface area contributed by atoms with Crippen LogP contribution in [-0.2, 0) is 44.3 Å². The number of benzene rings is 1. The van der Waals surface area contributed by atoms with Gasteiger partial charge in [0.2, 0.25) is 5.41 Å². The number of halogens is 1. The van der Waals surface area contributed by atoms with E-state index < -0.39 is 36.9 Å². The van der Waals surface area contributed by atoms with Crippen LogP contribution in [0.15, 0.2) is 33.9 Å². The molecule has 42 heavy (non-hydrogen) atoms. The molecule has 2 heterocycles. The molecule has 0 fully saturated rings. The second kappa shape index (κ2) is 12.6. The van der Waals surface area contributed by atoms with E-state index in [9.17, 15) is 24.3 Å². The number of aromatic nitrogens is 4. The van der Waals surface area contributed by atoms with Crippen LogP contribution in [0.1, 0.15) is 58.8 Å². The van der Waals surface area contributed by atoms with Gasteiger partial charge in [-0.15, -0.1) is 0 Å². The number of rotatable bonds is 12. The molecule has 0 radical (unpaired) electrons. The zero-order valence-electron chi connectivity index (χ0n) is 25.6. The molecule has 0 spiro atoms. The van der Waals surface area contributed by atoms with Crippen molar-refractivity contribution >= 4 is 43.0 Å². The lowest BCUT2D eigenvalue weighted by atomic mass is 9.84. The van der Waals surface area contributed by atoms with E-state index in [0.717, 1.165) is 4.57 Å². The van der Waals surface area contributed by atoms with Crippen molar-refractivity contribution in [3.8, 4) is 0 Å². The van der Waals surface area contributed by atoms with Gasteiger partial charge < -0.3 is 18.8 Å². The van der Waals surface area contributed by atoms with Crippen LogP contribution in [0.4, 0.5) is 0 Å². The Morgan fingerprint density at radius 2 is 1.69 bits per heavy atom. The predicted molar refractivity (Wildman–Crippen MR) is 164 cm³/mol. The lowest BCUT2D eigenvalue weighted by Crippen LogP contribution is -2.47. The Hall–Kier alpha value is -3.22. The lowest BCUT2D eigenvalue weighted by molar-refractivity contribution is -0.162. The van der Waals surface area contributed by atoms with Gasteiger partial charge in [0.15, 0.2) is 19.5 Å². The highest BCUT2D eigenvalue weighted by molar-refractivity contribution is 6.74. The Labute approximate surface area is 251 Å². The van der Waals surface area contributed by atoms with E-state index in [0.29, 0.717) is 23.6 Å². The van der Waals surface area contributed by atoms with E-state index in [1.165, 1.54) is 23.1 Å². The SMILES string of the molecule is CCOC(=O)C(CC)(C(=O)O)c1nc2c(c(=O)n(CCCO[Si](C)(C)C(C)(C)C)c(=O)n2C)n1Cc1ccc(Cl)cc1. The fourth-order valence-corrected chi connectivity index (χ4v) is 5.78. The smallest absolute Gasteiger partial charge is 0.332 e. The second-order valence-electron chi connectivity index (χ2n) is 11.9.